The Morgan fingerprint density at radius 2 is 0.793 bits per heavy atom. The summed E-state index contributed by atoms with van der Waals surface area (Å²) < 4.78 is 0. The molecule has 0 aromatic heterocycles. The molecule has 0 unspecified atom stereocenters. The summed E-state index contributed by atoms with van der Waals surface area (Å²) in [5.41, 5.74) is 3.76. The van der Waals surface area contributed by atoms with Crippen LogP contribution in [0.2, 0.25) is 0 Å². The van der Waals surface area contributed by atoms with E-state index in [2.05, 4.69) is 29.6 Å². The van der Waals surface area contributed by atoms with E-state index in [1.54, 1.807) is 0 Å². The molecule has 2 aliphatic carbocycles. The number of benzene rings is 2. The van der Waals surface area contributed by atoms with Crippen molar-refractivity contribution in [1.82, 2.24) is 0 Å². The van der Waals surface area contributed by atoms with E-state index in [0.29, 0.717) is 0 Å². The molecule has 0 aliphatic heterocycles. The van der Waals surface area contributed by atoms with Crippen molar-refractivity contribution in [1.29, 1.82) is 0 Å². The van der Waals surface area contributed by atoms with Gasteiger partial charge in [-0.2, -0.15) is 0 Å². The molecular formula is C28H18Fe+2. The summed E-state index contributed by atoms with van der Waals surface area (Å²) in [6.07, 6.45) is 23.3. The van der Waals surface area contributed by atoms with Crippen LogP contribution in [0, 0.1) is 99.7 Å². The molecule has 0 saturated heterocycles. The van der Waals surface area contributed by atoms with Gasteiger partial charge in [-0.15, -0.1) is 6.42 Å². The van der Waals surface area contributed by atoms with Gasteiger partial charge in [0.2, 0.25) is 0 Å². The molecule has 0 atom stereocenters. The first-order valence-corrected chi connectivity index (χ1v) is 8.93. The predicted octanol–water partition coefficient (Wildman–Crippen LogP) is 4.84. The Kier molecular flexibility index (Phi) is 10.3. The molecule has 2 aromatic carbocycles. The van der Waals surface area contributed by atoms with Crippen molar-refractivity contribution in [3.63, 3.8) is 0 Å². The Hall–Kier alpha value is -2.36. The van der Waals surface area contributed by atoms with E-state index in [0.717, 1.165) is 28.2 Å². The Morgan fingerprint density at radius 1 is 0.448 bits per heavy atom. The molecule has 2 aliphatic rings. The zero-order valence-corrected chi connectivity index (χ0v) is 16.9. The van der Waals surface area contributed by atoms with E-state index in [1.165, 1.54) is 0 Å². The quantitative estimate of drug-likeness (QED) is 0.431. The number of terminal acetylenes is 1. The molecule has 2 saturated carbocycles. The fraction of sp³-hybridized carbons (Fsp3) is 0. The molecule has 2 fully saturated rings. The average molecular weight is 410 g/mol. The Balaban J connectivity index is 0.000000437. The van der Waals surface area contributed by atoms with Gasteiger partial charge in [0.1, 0.15) is 0 Å². The third-order valence-corrected chi connectivity index (χ3v) is 3.86. The summed E-state index contributed by atoms with van der Waals surface area (Å²) in [5, 5.41) is 0. The Bertz CT molecular complexity index is 888. The van der Waals surface area contributed by atoms with Crippen LogP contribution in [0.3, 0.4) is 0 Å². The van der Waals surface area contributed by atoms with Crippen molar-refractivity contribution in [2.75, 3.05) is 0 Å². The van der Waals surface area contributed by atoms with Crippen LogP contribution in [0.1, 0.15) is 22.3 Å². The van der Waals surface area contributed by atoms with E-state index in [4.69, 9.17) is 6.42 Å². The molecule has 2 aromatic rings. The molecule has 0 heterocycles. The van der Waals surface area contributed by atoms with Crippen LogP contribution in [-0.2, 0) is 17.1 Å². The molecule has 0 N–H and O–H groups in total. The minimum absolute atomic E-state index is 0. The van der Waals surface area contributed by atoms with E-state index in [-0.39, 0.29) is 17.1 Å². The van der Waals surface area contributed by atoms with Gasteiger partial charge < -0.3 is 0 Å². The smallest absolute Gasteiger partial charge is 0.115 e. The van der Waals surface area contributed by atoms with Gasteiger partial charge in [0, 0.05) is 22.3 Å². The van der Waals surface area contributed by atoms with Crippen molar-refractivity contribution in [2.24, 2.45) is 0 Å². The van der Waals surface area contributed by atoms with E-state index in [9.17, 15) is 0 Å². The van der Waals surface area contributed by atoms with Crippen LogP contribution >= 0.6 is 0 Å². The summed E-state index contributed by atoms with van der Waals surface area (Å²) in [6, 6.07) is 15.6. The second-order valence-electron chi connectivity index (χ2n) is 5.93. The first-order chi connectivity index (χ1) is 13.8. The van der Waals surface area contributed by atoms with Crippen LogP contribution in [0.15, 0.2) is 48.5 Å². The maximum absolute atomic E-state index is 5.34. The van der Waals surface area contributed by atoms with Crippen molar-refractivity contribution < 1.29 is 17.1 Å². The first-order valence-electron chi connectivity index (χ1n) is 8.93. The summed E-state index contributed by atoms with van der Waals surface area (Å²) >= 11 is 0. The SMILES string of the molecule is C#Cc1ccc(C#Cc2ccc(C#C[C]3[CH][CH][CH][CH]3)cc2)cc1.[CH]1[CH][CH][CH][CH]1.[Fe+2]. The van der Waals surface area contributed by atoms with Crippen molar-refractivity contribution in [3.05, 3.63) is 134 Å². The van der Waals surface area contributed by atoms with Gasteiger partial charge in [0.25, 0.3) is 0 Å². The zero-order valence-electron chi connectivity index (χ0n) is 15.7. The van der Waals surface area contributed by atoms with Gasteiger partial charge in [-0.3, -0.25) is 0 Å². The van der Waals surface area contributed by atoms with Crippen molar-refractivity contribution >= 4 is 0 Å². The van der Waals surface area contributed by atoms with Crippen LogP contribution < -0.4 is 0 Å². The van der Waals surface area contributed by atoms with E-state index < -0.39 is 0 Å². The van der Waals surface area contributed by atoms with E-state index in [1.807, 2.05) is 106 Å². The maximum Gasteiger partial charge on any atom is 2.00 e. The fourth-order valence-electron chi connectivity index (χ4n) is 2.35. The minimum Gasteiger partial charge on any atom is -0.115 e. The van der Waals surface area contributed by atoms with Crippen LogP contribution in [0.5, 0.6) is 0 Å². The van der Waals surface area contributed by atoms with Gasteiger partial charge in [-0.1, -0.05) is 29.6 Å². The maximum atomic E-state index is 5.34. The number of hydrogen-bond donors (Lipinski definition) is 0. The largest absolute Gasteiger partial charge is 2.00 e. The number of hydrogen-bond acceptors (Lipinski definition) is 0. The molecule has 0 nitrogen and oxygen atoms in total. The molecule has 0 spiro atoms. The molecule has 136 valence electrons. The van der Waals surface area contributed by atoms with Crippen LogP contribution in [0.25, 0.3) is 0 Å². The second-order valence-corrected chi connectivity index (χ2v) is 5.93. The normalized spacial score (nSPS) is 14.7. The van der Waals surface area contributed by atoms with Gasteiger partial charge in [0.15, 0.2) is 0 Å². The summed E-state index contributed by atoms with van der Waals surface area (Å²) in [5.74, 6) is 16.2. The molecule has 1 heteroatoms. The molecule has 4 rings (SSSR count). The molecular weight excluding hydrogens is 392 g/mol. The summed E-state index contributed by atoms with van der Waals surface area (Å²) in [4.78, 5) is 0. The third kappa shape index (κ3) is 8.26. The fourth-order valence-corrected chi connectivity index (χ4v) is 2.35. The summed E-state index contributed by atoms with van der Waals surface area (Å²) in [7, 11) is 0. The summed E-state index contributed by atoms with van der Waals surface area (Å²) in [6.45, 7) is 0. The van der Waals surface area contributed by atoms with Gasteiger partial charge >= 0.3 is 17.1 Å². The topological polar surface area (TPSA) is 0 Å². The molecule has 0 bridgehead atoms. The van der Waals surface area contributed by atoms with Crippen LogP contribution in [0.4, 0.5) is 0 Å². The van der Waals surface area contributed by atoms with Gasteiger partial charge in [0.05, 0.1) is 5.92 Å². The second kappa shape index (κ2) is 13.0. The van der Waals surface area contributed by atoms with Crippen molar-refractivity contribution in [2.45, 2.75) is 0 Å². The average Bonchev–Trinajstić information content (AvgIpc) is 3.49. The first kappa shape index (κ1) is 22.9. The van der Waals surface area contributed by atoms with Gasteiger partial charge in [-0.05, 0) is 106 Å². The van der Waals surface area contributed by atoms with E-state index >= 15 is 0 Å². The predicted molar refractivity (Wildman–Crippen MR) is 116 cm³/mol. The van der Waals surface area contributed by atoms with Crippen molar-refractivity contribution in [3.8, 4) is 36.0 Å². The van der Waals surface area contributed by atoms with Gasteiger partial charge in [-0.25, -0.2) is 0 Å². The molecule has 10 radical (unpaired) electrons. The molecule has 0 amide bonds. The third-order valence-electron chi connectivity index (χ3n) is 3.86. The standard InChI is InChI=1S/C23H13.C5H5.Fe/c1-2-19-7-9-21(10-8-19)13-14-23-17-15-22(16-18-23)12-11-20-5-3-4-6-20;1-2-4-5-3-1;/h1,3-10,15-18H;1-5H;/q;;+2. The zero-order chi connectivity index (χ0) is 19.4. The number of rotatable bonds is 0. The minimum atomic E-state index is 0. The monoisotopic (exact) mass is 410 g/mol. The Labute approximate surface area is 187 Å². The van der Waals surface area contributed by atoms with Crippen LogP contribution in [-0.4, -0.2) is 0 Å². The molecule has 29 heavy (non-hydrogen) atoms. The Morgan fingerprint density at radius 3 is 1.17 bits per heavy atom.